The molecule has 1 spiro atoms. The van der Waals surface area contributed by atoms with Crippen molar-refractivity contribution in [3.8, 4) is 0 Å². The average Bonchev–Trinajstić information content (AvgIpc) is 3.10. The molecule has 1 saturated carbocycles. The van der Waals surface area contributed by atoms with E-state index in [0.717, 1.165) is 53.6 Å². The quantitative estimate of drug-likeness (QED) is 0.670. The third-order valence-electron chi connectivity index (χ3n) is 5.42. The minimum Gasteiger partial charge on any atom is -0.325 e. The summed E-state index contributed by atoms with van der Waals surface area (Å²) in [5.74, 6) is 0.957. The maximum atomic E-state index is 12.4. The van der Waals surface area contributed by atoms with Crippen LogP contribution in [-0.2, 0) is 4.79 Å². The topological polar surface area (TPSA) is 53.8 Å². The molecule has 1 N–H and O–H groups in total. The van der Waals surface area contributed by atoms with Gasteiger partial charge in [-0.05, 0) is 55.9 Å². The summed E-state index contributed by atoms with van der Waals surface area (Å²) in [6.07, 6.45) is 4.24. The molecule has 150 valence electrons. The molecule has 2 aliphatic rings. The number of anilines is 1. The second kappa shape index (κ2) is 8.72. The van der Waals surface area contributed by atoms with Crippen molar-refractivity contribution in [1.29, 1.82) is 0 Å². The highest BCUT2D eigenvalue weighted by molar-refractivity contribution is 8.16. The number of halogens is 1. The SMILES string of the molecule is CC1CCC2(CC1)N=C(SCC(=O)Nc1ccc(Cl)cc1)C(c1ccccc1)=N2. The van der Waals surface area contributed by atoms with Crippen molar-refractivity contribution in [3.05, 3.63) is 65.2 Å². The van der Waals surface area contributed by atoms with Gasteiger partial charge in [0.05, 0.1) is 11.5 Å². The van der Waals surface area contributed by atoms with Crippen LogP contribution in [0.25, 0.3) is 0 Å². The van der Waals surface area contributed by atoms with Crippen molar-refractivity contribution in [2.45, 2.75) is 38.3 Å². The lowest BCUT2D eigenvalue weighted by molar-refractivity contribution is -0.113. The van der Waals surface area contributed by atoms with Gasteiger partial charge in [0, 0.05) is 16.3 Å². The van der Waals surface area contributed by atoms with Crippen LogP contribution < -0.4 is 5.32 Å². The highest BCUT2D eigenvalue weighted by Gasteiger charge is 2.39. The number of aliphatic imine (C=N–C) groups is 2. The van der Waals surface area contributed by atoms with Crippen molar-refractivity contribution < 1.29 is 4.79 Å². The molecule has 4 rings (SSSR count). The van der Waals surface area contributed by atoms with Gasteiger partial charge in [0.2, 0.25) is 5.91 Å². The molecule has 1 aliphatic heterocycles. The number of amides is 1. The van der Waals surface area contributed by atoms with E-state index in [9.17, 15) is 4.79 Å². The molecule has 1 fully saturated rings. The molecular weight excluding hydrogens is 402 g/mol. The second-order valence-corrected chi connectivity index (χ2v) is 9.15. The lowest BCUT2D eigenvalue weighted by Gasteiger charge is -2.30. The average molecular weight is 426 g/mol. The van der Waals surface area contributed by atoms with Crippen LogP contribution in [0.5, 0.6) is 0 Å². The van der Waals surface area contributed by atoms with Crippen molar-refractivity contribution in [3.63, 3.8) is 0 Å². The van der Waals surface area contributed by atoms with Gasteiger partial charge in [0.15, 0.2) is 5.66 Å². The Morgan fingerprint density at radius 2 is 1.79 bits per heavy atom. The van der Waals surface area contributed by atoms with E-state index in [1.54, 1.807) is 24.3 Å². The van der Waals surface area contributed by atoms with Gasteiger partial charge in [0.25, 0.3) is 0 Å². The molecule has 0 saturated heterocycles. The number of thioether (sulfide) groups is 1. The van der Waals surface area contributed by atoms with E-state index in [0.29, 0.717) is 10.8 Å². The molecule has 0 atom stereocenters. The van der Waals surface area contributed by atoms with E-state index in [-0.39, 0.29) is 11.6 Å². The van der Waals surface area contributed by atoms with Crippen LogP contribution >= 0.6 is 23.4 Å². The number of nitrogens with zero attached hydrogens (tertiary/aromatic N) is 2. The Hall–Kier alpha value is -2.11. The third kappa shape index (κ3) is 4.90. The molecule has 4 nitrogen and oxygen atoms in total. The lowest BCUT2D eigenvalue weighted by atomic mass is 9.83. The monoisotopic (exact) mass is 425 g/mol. The minimum atomic E-state index is -0.341. The molecule has 1 heterocycles. The fourth-order valence-electron chi connectivity index (χ4n) is 3.72. The zero-order valence-electron chi connectivity index (χ0n) is 16.4. The maximum absolute atomic E-state index is 12.4. The fourth-order valence-corrected chi connectivity index (χ4v) is 4.72. The van der Waals surface area contributed by atoms with Gasteiger partial charge in [-0.15, -0.1) is 0 Å². The van der Waals surface area contributed by atoms with Gasteiger partial charge in [-0.2, -0.15) is 0 Å². The molecule has 0 radical (unpaired) electrons. The predicted octanol–water partition coefficient (Wildman–Crippen LogP) is 5.82. The van der Waals surface area contributed by atoms with Crippen LogP contribution in [0.2, 0.25) is 5.02 Å². The molecule has 0 unspecified atom stereocenters. The summed E-state index contributed by atoms with van der Waals surface area (Å²) in [5.41, 5.74) is 2.38. The highest BCUT2D eigenvalue weighted by atomic mass is 35.5. The summed E-state index contributed by atoms with van der Waals surface area (Å²) in [6.45, 7) is 2.30. The van der Waals surface area contributed by atoms with Crippen LogP contribution in [0, 0.1) is 5.92 Å². The molecule has 2 aromatic rings. The van der Waals surface area contributed by atoms with Crippen molar-refractivity contribution >= 4 is 45.7 Å². The number of hydrogen-bond acceptors (Lipinski definition) is 4. The summed E-state index contributed by atoms with van der Waals surface area (Å²) in [6, 6.07) is 17.3. The molecule has 29 heavy (non-hydrogen) atoms. The van der Waals surface area contributed by atoms with Crippen LogP contribution in [0.15, 0.2) is 64.6 Å². The Kier molecular flexibility index (Phi) is 6.07. The van der Waals surface area contributed by atoms with Crippen LogP contribution in [0.1, 0.15) is 38.2 Å². The van der Waals surface area contributed by atoms with E-state index in [1.807, 2.05) is 18.2 Å². The molecular formula is C23H24ClN3OS. The predicted molar refractivity (Wildman–Crippen MR) is 123 cm³/mol. The van der Waals surface area contributed by atoms with Gasteiger partial charge in [-0.25, -0.2) is 4.99 Å². The summed E-state index contributed by atoms with van der Waals surface area (Å²) < 4.78 is 0. The Morgan fingerprint density at radius 1 is 1.10 bits per heavy atom. The number of nitrogens with one attached hydrogen (secondary N) is 1. The number of carbonyl (C=O) groups is 1. The second-order valence-electron chi connectivity index (χ2n) is 7.75. The molecule has 1 amide bonds. The smallest absolute Gasteiger partial charge is 0.234 e. The van der Waals surface area contributed by atoms with Gasteiger partial charge in [-0.1, -0.05) is 60.6 Å². The minimum absolute atomic E-state index is 0.0642. The Labute approximate surface area is 180 Å². The van der Waals surface area contributed by atoms with Crippen LogP contribution in [0.4, 0.5) is 5.69 Å². The number of hydrogen-bond donors (Lipinski definition) is 1. The third-order valence-corrected chi connectivity index (χ3v) is 6.64. The van der Waals surface area contributed by atoms with Crippen molar-refractivity contribution in [2.24, 2.45) is 15.9 Å². The first-order chi connectivity index (χ1) is 14.0. The van der Waals surface area contributed by atoms with Crippen LogP contribution in [-0.4, -0.2) is 28.1 Å². The van der Waals surface area contributed by atoms with Crippen molar-refractivity contribution in [1.82, 2.24) is 0 Å². The van der Waals surface area contributed by atoms with Gasteiger partial charge >= 0.3 is 0 Å². The fraction of sp³-hybridized carbons (Fsp3) is 0.348. The van der Waals surface area contributed by atoms with E-state index < -0.39 is 0 Å². The van der Waals surface area contributed by atoms with Gasteiger partial charge in [-0.3, -0.25) is 9.79 Å². The number of carbonyl (C=O) groups excluding carboxylic acids is 1. The first kappa shape index (κ1) is 20.2. The van der Waals surface area contributed by atoms with E-state index in [2.05, 4.69) is 24.4 Å². The molecule has 6 heteroatoms. The summed E-state index contributed by atoms with van der Waals surface area (Å²) >= 11 is 7.37. The lowest BCUT2D eigenvalue weighted by Crippen LogP contribution is -2.28. The van der Waals surface area contributed by atoms with E-state index in [4.69, 9.17) is 21.6 Å². The molecule has 1 aliphatic carbocycles. The molecule has 0 aromatic heterocycles. The zero-order valence-corrected chi connectivity index (χ0v) is 18.0. The van der Waals surface area contributed by atoms with Gasteiger partial charge < -0.3 is 5.32 Å². The Balaban J connectivity index is 1.48. The molecule has 0 bridgehead atoms. The standard InChI is InChI=1S/C23H24ClN3OS/c1-16-11-13-23(14-12-16)26-21(17-5-3-2-4-6-17)22(27-23)29-15-20(28)25-19-9-7-18(24)8-10-19/h2-10,16H,11-15H2,1H3,(H,25,28). The van der Waals surface area contributed by atoms with E-state index >= 15 is 0 Å². The zero-order chi connectivity index (χ0) is 20.3. The normalized spacial score (nSPS) is 23.6. The molecule has 2 aromatic carbocycles. The number of rotatable bonds is 4. The first-order valence-electron chi connectivity index (χ1n) is 9.97. The maximum Gasteiger partial charge on any atom is 0.234 e. The largest absolute Gasteiger partial charge is 0.325 e. The number of benzene rings is 2. The van der Waals surface area contributed by atoms with Gasteiger partial charge in [0.1, 0.15) is 5.04 Å². The van der Waals surface area contributed by atoms with E-state index in [1.165, 1.54) is 11.8 Å². The highest BCUT2D eigenvalue weighted by Crippen LogP contribution is 2.40. The summed E-state index contributed by atoms with van der Waals surface area (Å²) in [5, 5.41) is 4.43. The summed E-state index contributed by atoms with van der Waals surface area (Å²) in [4.78, 5) is 22.6. The van der Waals surface area contributed by atoms with Crippen molar-refractivity contribution in [2.75, 3.05) is 11.1 Å². The summed E-state index contributed by atoms with van der Waals surface area (Å²) in [7, 11) is 0. The Morgan fingerprint density at radius 3 is 2.48 bits per heavy atom. The Bertz CT molecular complexity index is 932. The first-order valence-corrected chi connectivity index (χ1v) is 11.3. The van der Waals surface area contributed by atoms with Crippen LogP contribution in [0.3, 0.4) is 0 Å².